The molecule has 1 N–H and O–H groups in total. The first-order valence-electron chi connectivity index (χ1n) is 5.13. The smallest absolute Gasteiger partial charge is 0.125 e. The van der Waals surface area contributed by atoms with Crippen molar-refractivity contribution in [1.29, 1.82) is 0 Å². The minimum atomic E-state index is -0.178. The largest absolute Gasteiger partial charge is 0.384 e. The molecular formula is C12H18FN. The zero-order chi connectivity index (χ0) is 10.6. The van der Waals surface area contributed by atoms with Crippen LogP contribution >= 0.6 is 0 Å². The van der Waals surface area contributed by atoms with Crippen LogP contribution in [0, 0.1) is 18.7 Å². The van der Waals surface area contributed by atoms with E-state index in [-0.39, 0.29) is 5.82 Å². The van der Waals surface area contributed by atoms with Crippen LogP contribution in [-0.2, 0) is 0 Å². The number of rotatable bonds is 4. The van der Waals surface area contributed by atoms with Crippen LogP contribution in [0.15, 0.2) is 18.2 Å². The quantitative estimate of drug-likeness (QED) is 0.774. The molecule has 0 saturated carbocycles. The summed E-state index contributed by atoms with van der Waals surface area (Å²) in [5, 5.41) is 3.26. The number of benzene rings is 1. The number of hydrogen-bond acceptors (Lipinski definition) is 1. The molecule has 78 valence electrons. The van der Waals surface area contributed by atoms with E-state index in [0.29, 0.717) is 5.92 Å². The van der Waals surface area contributed by atoms with E-state index in [1.165, 1.54) is 6.07 Å². The van der Waals surface area contributed by atoms with Gasteiger partial charge in [-0.15, -0.1) is 0 Å². The highest BCUT2D eigenvalue weighted by Gasteiger charge is 2.02. The summed E-state index contributed by atoms with van der Waals surface area (Å²) in [6.45, 7) is 7.23. The van der Waals surface area contributed by atoms with Crippen molar-refractivity contribution in [2.45, 2.75) is 27.2 Å². The lowest BCUT2D eigenvalue weighted by atomic mass is 10.1. The van der Waals surface area contributed by atoms with Crippen LogP contribution in [0.4, 0.5) is 10.1 Å². The minimum absolute atomic E-state index is 0.178. The lowest BCUT2D eigenvalue weighted by Crippen LogP contribution is -2.11. The molecule has 0 aliphatic heterocycles. The molecular weight excluding hydrogens is 177 g/mol. The molecule has 0 heterocycles. The first kappa shape index (κ1) is 11.0. The molecule has 0 aliphatic rings. The number of hydrogen-bond donors (Lipinski definition) is 1. The van der Waals surface area contributed by atoms with Crippen LogP contribution in [0.1, 0.15) is 25.8 Å². The number of anilines is 1. The van der Waals surface area contributed by atoms with E-state index >= 15 is 0 Å². The number of halogens is 1. The van der Waals surface area contributed by atoms with Crippen LogP contribution in [0.2, 0.25) is 0 Å². The Morgan fingerprint density at radius 1 is 1.43 bits per heavy atom. The van der Waals surface area contributed by atoms with Crippen LogP contribution in [0.5, 0.6) is 0 Å². The van der Waals surface area contributed by atoms with Gasteiger partial charge in [0.05, 0.1) is 0 Å². The molecule has 0 amide bonds. The maximum absolute atomic E-state index is 12.9. The monoisotopic (exact) mass is 195 g/mol. The molecule has 0 radical (unpaired) electrons. The van der Waals surface area contributed by atoms with Crippen molar-refractivity contribution in [2.24, 2.45) is 5.92 Å². The molecule has 14 heavy (non-hydrogen) atoms. The molecule has 2 heteroatoms. The van der Waals surface area contributed by atoms with Gasteiger partial charge in [0.25, 0.3) is 0 Å². The second-order valence-corrected chi connectivity index (χ2v) is 3.85. The van der Waals surface area contributed by atoms with Gasteiger partial charge in [-0.05, 0) is 30.5 Å². The Morgan fingerprint density at radius 2 is 2.14 bits per heavy atom. The molecule has 0 fully saturated rings. The Kier molecular flexibility index (Phi) is 3.93. The zero-order valence-electron chi connectivity index (χ0n) is 9.10. The van der Waals surface area contributed by atoms with Gasteiger partial charge in [-0.25, -0.2) is 4.39 Å². The Morgan fingerprint density at radius 3 is 2.79 bits per heavy atom. The summed E-state index contributed by atoms with van der Waals surface area (Å²) in [5.74, 6) is 0.444. The van der Waals surface area contributed by atoms with Gasteiger partial charge in [0.15, 0.2) is 0 Å². The van der Waals surface area contributed by atoms with Crippen molar-refractivity contribution in [3.05, 3.63) is 29.6 Å². The lowest BCUT2D eigenvalue weighted by Gasteiger charge is -2.13. The molecule has 0 aromatic heterocycles. The first-order chi connectivity index (χ1) is 6.63. The fourth-order valence-electron chi connectivity index (χ4n) is 1.21. The second-order valence-electron chi connectivity index (χ2n) is 3.85. The molecule has 1 unspecified atom stereocenters. The summed E-state index contributed by atoms with van der Waals surface area (Å²) in [6.07, 6.45) is 1.14. The molecule has 1 rings (SSSR count). The minimum Gasteiger partial charge on any atom is -0.384 e. The van der Waals surface area contributed by atoms with Crippen molar-refractivity contribution in [3.63, 3.8) is 0 Å². The number of nitrogens with one attached hydrogen (secondary N) is 1. The lowest BCUT2D eigenvalue weighted by molar-refractivity contribution is 0.592. The normalized spacial score (nSPS) is 12.6. The van der Waals surface area contributed by atoms with Crippen LogP contribution in [-0.4, -0.2) is 6.54 Å². The zero-order valence-corrected chi connectivity index (χ0v) is 9.10. The molecule has 1 aromatic rings. The topological polar surface area (TPSA) is 12.0 Å². The SMILES string of the molecule is CCC(C)CNc1cc(F)ccc1C. The Bertz CT molecular complexity index is 296. The number of aryl methyl sites for hydroxylation is 1. The molecule has 1 aromatic carbocycles. The van der Waals surface area contributed by atoms with E-state index in [1.54, 1.807) is 12.1 Å². The van der Waals surface area contributed by atoms with Gasteiger partial charge in [-0.1, -0.05) is 26.3 Å². The molecule has 0 spiro atoms. The standard InChI is InChI=1S/C12H18FN/c1-4-9(2)8-14-12-7-11(13)6-5-10(12)3/h5-7,9,14H,4,8H2,1-3H3. The molecule has 0 aliphatic carbocycles. The van der Waals surface area contributed by atoms with E-state index in [1.807, 2.05) is 6.92 Å². The van der Waals surface area contributed by atoms with Crippen LogP contribution in [0.3, 0.4) is 0 Å². The average molecular weight is 195 g/mol. The summed E-state index contributed by atoms with van der Waals surface area (Å²) >= 11 is 0. The average Bonchev–Trinajstić information content (AvgIpc) is 2.19. The van der Waals surface area contributed by atoms with Gasteiger partial charge in [-0.2, -0.15) is 0 Å². The van der Waals surface area contributed by atoms with Gasteiger partial charge >= 0.3 is 0 Å². The summed E-state index contributed by atoms with van der Waals surface area (Å²) in [7, 11) is 0. The van der Waals surface area contributed by atoms with Gasteiger partial charge in [0.1, 0.15) is 5.82 Å². The van der Waals surface area contributed by atoms with Crippen molar-refractivity contribution < 1.29 is 4.39 Å². The Labute approximate surface area is 85.3 Å². The van der Waals surface area contributed by atoms with Gasteiger partial charge in [0, 0.05) is 12.2 Å². The van der Waals surface area contributed by atoms with Crippen molar-refractivity contribution in [2.75, 3.05) is 11.9 Å². The van der Waals surface area contributed by atoms with Gasteiger partial charge in [-0.3, -0.25) is 0 Å². The molecule has 1 atom stereocenters. The summed E-state index contributed by atoms with van der Waals surface area (Å²) in [6, 6.07) is 4.84. The third kappa shape index (κ3) is 3.02. The third-order valence-electron chi connectivity index (χ3n) is 2.54. The van der Waals surface area contributed by atoms with E-state index in [2.05, 4.69) is 19.2 Å². The van der Waals surface area contributed by atoms with Crippen LogP contribution < -0.4 is 5.32 Å². The van der Waals surface area contributed by atoms with E-state index in [0.717, 1.165) is 24.2 Å². The fourth-order valence-corrected chi connectivity index (χ4v) is 1.21. The van der Waals surface area contributed by atoms with E-state index in [4.69, 9.17) is 0 Å². The van der Waals surface area contributed by atoms with Crippen molar-refractivity contribution in [3.8, 4) is 0 Å². The van der Waals surface area contributed by atoms with Gasteiger partial charge < -0.3 is 5.32 Å². The van der Waals surface area contributed by atoms with Crippen molar-refractivity contribution in [1.82, 2.24) is 0 Å². The van der Waals surface area contributed by atoms with Crippen molar-refractivity contribution >= 4 is 5.69 Å². The summed E-state index contributed by atoms with van der Waals surface area (Å²) in [4.78, 5) is 0. The maximum Gasteiger partial charge on any atom is 0.125 e. The fraction of sp³-hybridized carbons (Fsp3) is 0.500. The second kappa shape index (κ2) is 4.99. The first-order valence-corrected chi connectivity index (χ1v) is 5.13. The summed E-state index contributed by atoms with van der Waals surface area (Å²) in [5.41, 5.74) is 2.00. The maximum atomic E-state index is 12.9. The molecule has 0 bridgehead atoms. The molecule has 1 nitrogen and oxygen atoms in total. The predicted molar refractivity (Wildman–Crippen MR) is 59.1 cm³/mol. The highest BCUT2D eigenvalue weighted by atomic mass is 19.1. The van der Waals surface area contributed by atoms with Crippen LogP contribution in [0.25, 0.3) is 0 Å². The van der Waals surface area contributed by atoms with E-state index < -0.39 is 0 Å². The summed E-state index contributed by atoms with van der Waals surface area (Å²) < 4.78 is 12.9. The third-order valence-corrected chi connectivity index (χ3v) is 2.54. The van der Waals surface area contributed by atoms with E-state index in [9.17, 15) is 4.39 Å². The highest BCUT2D eigenvalue weighted by Crippen LogP contribution is 2.16. The predicted octanol–water partition coefficient (Wildman–Crippen LogP) is 3.59. The Hall–Kier alpha value is -1.05. The Balaban J connectivity index is 2.62. The highest BCUT2D eigenvalue weighted by molar-refractivity contribution is 5.50. The molecule has 0 saturated heterocycles. The van der Waals surface area contributed by atoms with Gasteiger partial charge in [0.2, 0.25) is 0 Å².